The fraction of sp³-hybridized carbons (Fsp3) is 0.571. The molecule has 0 saturated heterocycles. The van der Waals surface area contributed by atoms with Gasteiger partial charge < -0.3 is 15.0 Å². The van der Waals surface area contributed by atoms with Gasteiger partial charge in [-0.25, -0.2) is 4.39 Å². The van der Waals surface area contributed by atoms with E-state index >= 15 is 0 Å². The Labute approximate surface area is 109 Å². The summed E-state index contributed by atoms with van der Waals surface area (Å²) in [4.78, 5) is 2.16. The van der Waals surface area contributed by atoms with Crippen molar-refractivity contribution in [3.63, 3.8) is 0 Å². The number of ether oxygens (including phenoxy) is 1. The summed E-state index contributed by atoms with van der Waals surface area (Å²) in [6.45, 7) is 7.81. The summed E-state index contributed by atoms with van der Waals surface area (Å²) >= 11 is 0. The van der Waals surface area contributed by atoms with Crippen LogP contribution in [0.1, 0.15) is 19.4 Å². The molecule has 0 aromatic heterocycles. The van der Waals surface area contributed by atoms with Gasteiger partial charge in [0.25, 0.3) is 0 Å². The van der Waals surface area contributed by atoms with Crippen molar-refractivity contribution in [3.8, 4) is 0 Å². The van der Waals surface area contributed by atoms with Crippen molar-refractivity contribution >= 4 is 5.69 Å². The summed E-state index contributed by atoms with van der Waals surface area (Å²) in [6.07, 6.45) is 0. The topological polar surface area (TPSA) is 24.5 Å². The van der Waals surface area contributed by atoms with Crippen LogP contribution in [-0.4, -0.2) is 33.4 Å². The van der Waals surface area contributed by atoms with Crippen molar-refractivity contribution < 1.29 is 9.13 Å². The van der Waals surface area contributed by atoms with E-state index in [2.05, 4.69) is 24.1 Å². The van der Waals surface area contributed by atoms with Crippen LogP contribution in [0.15, 0.2) is 18.2 Å². The van der Waals surface area contributed by atoms with E-state index in [-0.39, 0.29) is 5.82 Å². The smallest absolute Gasteiger partial charge is 0.129 e. The molecule has 0 radical (unpaired) electrons. The van der Waals surface area contributed by atoms with Crippen LogP contribution in [0.2, 0.25) is 0 Å². The van der Waals surface area contributed by atoms with Crippen molar-refractivity contribution in [1.29, 1.82) is 0 Å². The highest BCUT2D eigenvalue weighted by Crippen LogP contribution is 2.22. The summed E-state index contributed by atoms with van der Waals surface area (Å²) in [7, 11) is 1.66. The molecule has 0 unspecified atom stereocenters. The van der Waals surface area contributed by atoms with Gasteiger partial charge >= 0.3 is 0 Å². The van der Waals surface area contributed by atoms with E-state index in [0.717, 1.165) is 30.9 Å². The Morgan fingerprint density at radius 3 is 2.61 bits per heavy atom. The van der Waals surface area contributed by atoms with E-state index in [4.69, 9.17) is 4.74 Å². The molecule has 0 aliphatic rings. The molecule has 102 valence electrons. The van der Waals surface area contributed by atoms with E-state index in [1.165, 1.54) is 6.07 Å². The molecule has 1 aromatic rings. The molecule has 0 saturated carbocycles. The van der Waals surface area contributed by atoms with Crippen LogP contribution in [0, 0.1) is 5.82 Å². The highest BCUT2D eigenvalue weighted by molar-refractivity contribution is 5.54. The van der Waals surface area contributed by atoms with Gasteiger partial charge in [0.05, 0.1) is 6.61 Å². The lowest BCUT2D eigenvalue weighted by atomic mass is 10.1. The SMILES string of the molecule is CCN(CC)c1cccc(F)c1CNCCOC. The summed E-state index contributed by atoms with van der Waals surface area (Å²) in [5, 5.41) is 3.20. The molecular formula is C14H23FN2O. The first-order chi connectivity index (χ1) is 8.74. The summed E-state index contributed by atoms with van der Waals surface area (Å²) in [5.74, 6) is -0.149. The van der Waals surface area contributed by atoms with Gasteiger partial charge in [0.15, 0.2) is 0 Å². The third-order valence-corrected chi connectivity index (χ3v) is 2.98. The molecule has 0 heterocycles. The molecule has 0 amide bonds. The van der Waals surface area contributed by atoms with Crippen LogP contribution in [-0.2, 0) is 11.3 Å². The molecule has 1 N–H and O–H groups in total. The standard InChI is InChI=1S/C14H23FN2O/c1-4-17(5-2)14-8-6-7-13(15)12(14)11-16-9-10-18-3/h6-8,16H,4-5,9-11H2,1-3H3. The maximum absolute atomic E-state index is 13.9. The Kier molecular flexibility index (Phi) is 6.68. The number of hydrogen-bond donors (Lipinski definition) is 1. The first kappa shape index (κ1) is 14.9. The maximum Gasteiger partial charge on any atom is 0.129 e. The Morgan fingerprint density at radius 1 is 1.28 bits per heavy atom. The molecular weight excluding hydrogens is 231 g/mol. The molecule has 3 nitrogen and oxygen atoms in total. The number of anilines is 1. The van der Waals surface area contributed by atoms with E-state index in [1.807, 2.05) is 6.07 Å². The average molecular weight is 254 g/mol. The van der Waals surface area contributed by atoms with Crippen molar-refractivity contribution in [2.45, 2.75) is 20.4 Å². The largest absolute Gasteiger partial charge is 0.383 e. The first-order valence-corrected chi connectivity index (χ1v) is 6.46. The molecule has 0 aliphatic carbocycles. The fourth-order valence-electron chi connectivity index (χ4n) is 1.97. The molecule has 0 atom stereocenters. The number of rotatable bonds is 8. The minimum atomic E-state index is -0.149. The number of halogens is 1. The number of methoxy groups -OCH3 is 1. The van der Waals surface area contributed by atoms with Crippen LogP contribution in [0.3, 0.4) is 0 Å². The number of hydrogen-bond acceptors (Lipinski definition) is 3. The van der Waals surface area contributed by atoms with Crippen molar-refractivity contribution in [2.24, 2.45) is 0 Å². The third kappa shape index (κ3) is 3.96. The number of nitrogens with zero attached hydrogens (tertiary/aromatic N) is 1. The quantitative estimate of drug-likeness (QED) is 0.721. The summed E-state index contributed by atoms with van der Waals surface area (Å²) < 4.78 is 18.9. The molecule has 0 aliphatic heterocycles. The Balaban J connectivity index is 2.80. The molecule has 4 heteroatoms. The zero-order valence-electron chi connectivity index (χ0n) is 11.5. The van der Waals surface area contributed by atoms with E-state index in [0.29, 0.717) is 13.2 Å². The zero-order valence-corrected chi connectivity index (χ0v) is 11.5. The second-order valence-corrected chi connectivity index (χ2v) is 4.08. The van der Waals surface area contributed by atoms with Gasteiger partial charge in [-0.3, -0.25) is 0 Å². The minimum absolute atomic E-state index is 0.149. The van der Waals surface area contributed by atoms with Crippen LogP contribution >= 0.6 is 0 Å². The van der Waals surface area contributed by atoms with Crippen LogP contribution in [0.5, 0.6) is 0 Å². The third-order valence-electron chi connectivity index (χ3n) is 2.98. The maximum atomic E-state index is 13.9. The minimum Gasteiger partial charge on any atom is -0.383 e. The Hall–Kier alpha value is -1.13. The molecule has 18 heavy (non-hydrogen) atoms. The van der Waals surface area contributed by atoms with Crippen LogP contribution < -0.4 is 10.2 Å². The highest BCUT2D eigenvalue weighted by Gasteiger charge is 2.11. The second-order valence-electron chi connectivity index (χ2n) is 4.08. The summed E-state index contributed by atoms with van der Waals surface area (Å²) in [6, 6.07) is 5.26. The van der Waals surface area contributed by atoms with Gasteiger partial charge in [0, 0.05) is 44.5 Å². The average Bonchev–Trinajstić information content (AvgIpc) is 2.38. The number of benzene rings is 1. The van der Waals surface area contributed by atoms with E-state index in [9.17, 15) is 4.39 Å². The lowest BCUT2D eigenvalue weighted by Crippen LogP contribution is -2.26. The van der Waals surface area contributed by atoms with E-state index < -0.39 is 0 Å². The number of nitrogens with one attached hydrogen (secondary N) is 1. The highest BCUT2D eigenvalue weighted by atomic mass is 19.1. The fourth-order valence-corrected chi connectivity index (χ4v) is 1.97. The lowest BCUT2D eigenvalue weighted by molar-refractivity contribution is 0.199. The van der Waals surface area contributed by atoms with Crippen molar-refractivity contribution in [3.05, 3.63) is 29.6 Å². The zero-order chi connectivity index (χ0) is 13.4. The predicted octanol–water partition coefficient (Wildman–Crippen LogP) is 2.41. The predicted molar refractivity (Wildman–Crippen MR) is 73.5 cm³/mol. The molecule has 1 rings (SSSR count). The monoisotopic (exact) mass is 254 g/mol. The van der Waals surface area contributed by atoms with E-state index in [1.54, 1.807) is 13.2 Å². The van der Waals surface area contributed by atoms with Gasteiger partial charge in [-0.05, 0) is 26.0 Å². The molecule has 0 bridgehead atoms. The first-order valence-electron chi connectivity index (χ1n) is 6.46. The molecule has 1 aromatic carbocycles. The Morgan fingerprint density at radius 2 is 2.00 bits per heavy atom. The van der Waals surface area contributed by atoms with Crippen LogP contribution in [0.25, 0.3) is 0 Å². The van der Waals surface area contributed by atoms with Gasteiger partial charge in [0.2, 0.25) is 0 Å². The molecule has 0 spiro atoms. The van der Waals surface area contributed by atoms with Gasteiger partial charge in [-0.15, -0.1) is 0 Å². The Bertz CT molecular complexity index is 354. The van der Waals surface area contributed by atoms with Gasteiger partial charge in [0.1, 0.15) is 5.82 Å². The van der Waals surface area contributed by atoms with Crippen LogP contribution in [0.4, 0.5) is 10.1 Å². The summed E-state index contributed by atoms with van der Waals surface area (Å²) in [5.41, 5.74) is 1.71. The van der Waals surface area contributed by atoms with Crippen molar-refractivity contribution in [2.75, 3.05) is 38.3 Å². The van der Waals surface area contributed by atoms with Crippen molar-refractivity contribution in [1.82, 2.24) is 5.32 Å². The second kappa shape index (κ2) is 8.06. The molecule has 0 fully saturated rings. The normalized spacial score (nSPS) is 10.7. The van der Waals surface area contributed by atoms with Gasteiger partial charge in [-0.1, -0.05) is 6.07 Å². The lowest BCUT2D eigenvalue weighted by Gasteiger charge is -2.24. The van der Waals surface area contributed by atoms with Gasteiger partial charge in [-0.2, -0.15) is 0 Å².